The first-order valence-electron chi connectivity index (χ1n) is 11.3. The van der Waals surface area contributed by atoms with Gasteiger partial charge in [-0.1, -0.05) is 12.1 Å². The maximum absolute atomic E-state index is 12.0. The van der Waals surface area contributed by atoms with Gasteiger partial charge in [0, 0.05) is 37.8 Å². The normalized spacial score (nSPS) is 17.2. The number of fused-ring (bicyclic) bond motifs is 1. The Labute approximate surface area is 189 Å². The second-order valence-electron chi connectivity index (χ2n) is 8.13. The van der Waals surface area contributed by atoms with Crippen LogP contribution in [0.4, 0.5) is 4.79 Å². The van der Waals surface area contributed by atoms with Crippen molar-refractivity contribution in [1.82, 2.24) is 9.80 Å². The summed E-state index contributed by atoms with van der Waals surface area (Å²) >= 11 is 0. The van der Waals surface area contributed by atoms with E-state index >= 15 is 0 Å². The summed E-state index contributed by atoms with van der Waals surface area (Å²) in [6.45, 7) is 5.96. The van der Waals surface area contributed by atoms with Crippen LogP contribution in [0.1, 0.15) is 25.3 Å². The molecule has 7 nitrogen and oxygen atoms in total. The maximum atomic E-state index is 12.0. The van der Waals surface area contributed by atoms with Gasteiger partial charge in [-0.05, 0) is 55.2 Å². The van der Waals surface area contributed by atoms with E-state index in [2.05, 4.69) is 23.1 Å². The lowest BCUT2D eigenvalue weighted by Gasteiger charge is -2.37. The molecule has 172 valence electrons. The van der Waals surface area contributed by atoms with Crippen molar-refractivity contribution in [2.45, 2.75) is 32.4 Å². The summed E-state index contributed by atoms with van der Waals surface area (Å²) in [5.74, 6) is 2.42. The number of hydrogen-bond donors (Lipinski definition) is 0. The van der Waals surface area contributed by atoms with Crippen LogP contribution < -0.4 is 14.2 Å². The van der Waals surface area contributed by atoms with Crippen LogP contribution in [-0.4, -0.2) is 69.0 Å². The van der Waals surface area contributed by atoms with E-state index in [1.54, 1.807) is 14.2 Å². The number of carbonyl (C=O) groups is 1. The van der Waals surface area contributed by atoms with Crippen molar-refractivity contribution in [2.75, 3.05) is 47.1 Å². The Morgan fingerprint density at radius 1 is 1.03 bits per heavy atom. The number of piperidine rings is 1. The van der Waals surface area contributed by atoms with E-state index < -0.39 is 0 Å². The molecule has 0 saturated carbocycles. The quantitative estimate of drug-likeness (QED) is 0.695. The van der Waals surface area contributed by atoms with Crippen LogP contribution in [0.3, 0.4) is 0 Å². The van der Waals surface area contributed by atoms with Crippen molar-refractivity contribution in [3.63, 3.8) is 0 Å². The highest BCUT2D eigenvalue weighted by atomic mass is 16.6. The van der Waals surface area contributed by atoms with Crippen molar-refractivity contribution in [3.8, 4) is 28.4 Å². The molecule has 2 aliphatic heterocycles. The molecule has 0 bridgehead atoms. The molecule has 2 aromatic rings. The summed E-state index contributed by atoms with van der Waals surface area (Å²) in [4.78, 5) is 16.3. The van der Waals surface area contributed by atoms with Crippen LogP contribution in [0, 0.1) is 0 Å². The monoisotopic (exact) mass is 440 g/mol. The molecule has 0 spiro atoms. The number of likely N-dealkylation sites (tertiary alicyclic amines) is 1. The van der Waals surface area contributed by atoms with E-state index in [-0.39, 0.29) is 6.09 Å². The number of methoxy groups -OCH3 is 2. The number of carbonyl (C=O) groups excluding carboxylic acids is 1. The fourth-order valence-corrected chi connectivity index (χ4v) is 4.55. The fraction of sp³-hybridized carbons (Fsp3) is 0.480. The molecule has 2 heterocycles. The van der Waals surface area contributed by atoms with Crippen molar-refractivity contribution in [2.24, 2.45) is 0 Å². The molecule has 0 aliphatic carbocycles. The summed E-state index contributed by atoms with van der Waals surface area (Å²) in [5, 5.41) is 0. The smallest absolute Gasteiger partial charge is 0.409 e. The molecule has 0 N–H and O–H groups in total. The third kappa shape index (κ3) is 4.78. The van der Waals surface area contributed by atoms with Gasteiger partial charge in [0.1, 0.15) is 12.4 Å². The Hall–Kier alpha value is -2.93. The van der Waals surface area contributed by atoms with Gasteiger partial charge in [0.05, 0.1) is 20.8 Å². The van der Waals surface area contributed by atoms with Gasteiger partial charge >= 0.3 is 6.09 Å². The Balaban J connectivity index is 1.53. The van der Waals surface area contributed by atoms with Gasteiger partial charge < -0.3 is 23.8 Å². The SMILES string of the molecule is CCOC(=O)N1CCC(N2CCOc3c(cc(-c4ccc(OC)cc4)cc3OC)C2)CC1. The summed E-state index contributed by atoms with van der Waals surface area (Å²) in [7, 11) is 3.36. The van der Waals surface area contributed by atoms with Gasteiger partial charge in [0.2, 0.25) is 0 Å². The highest BCUT2D eigenvalue weighted by molar-refractivity contribution is 5.70. The van der Waals surface area contributed by atoms with Gasteiger partial charge in [-0.3, -0.25) is 4.90 Å². The Bertz CT molecular complexity index is 923. The van der Waals surface area contributed by atoms with Crippen molar-refractivity contribution in [3.05, 3.63) is 42.0 Å². The average Bonchev–Trinajstić information content (AvgIpc) is 3.06. The van der Waals surface area contributed by atoms with E-state index in [1.807, 2.05) is 30.0 Å². The number of hydrogen-bond acceptors (Lipinski definition) is 6. The Morgan fingerprint density at radius 2 is 1.78 bits per heavy atom. The van der Waals surface area contributed by atoms with Crippen LogP contribution >= 0.6 is 0 Å². The van der Waals surface area contributed by atoms with E-state index in [4.69, 9.17) is 18.9 Å². The zero-order valence-electron chi connectivity index (χ0n) is 19.1. The Morgan fingerprint density at radius 3 is 2.44 bits per heavy atom. The minimum absolute atomic E-state index is 0.204. The molecule has 0 aromatic heterocycles. The minimum Gasteiger partial charge on any atom is -0.497 e. The third-order valence-electron chi connectivity index (χ3n) is 6.28. The lowest BCUT2D eigenvalue weighted by Crippen LogP contribution is -2.47. The molecule has 1 amide bonds. The van der Waals surface area contributed by atoms with E-state index in [0.717, 1.165) is 73.0 Å². The molecule has 7 heteroatoms. The van der Waals surface area contributed by atoms with Crippen LogP contribution in [0.25, 0.3) is 11.1 Å². The van der Waals surface area contributed by atoms with Gasteiger partial charge in [0.25, 0.3) is 0 Å². The molecule has 0 radical (unpaired) electrons. The number of benzene rings is 2. The summed E-state index contributed by atoms with van der Waals surface area (Å²) < 4.78 is 22.3. The average molecular weight is 441 g/mol. The molecular weight excluding hydrogens is 408 g/mol. The maximum Gasteiger partial charge on any atom is 0.409 e. The molecule has 2 aromatic carbocycles. The number of ether oxygens (including phenoxy) is 4. The predicted octanol–water partition coefficient (Wildman–Crippen LogP) is 4.19. The lowest BCUT2D eigenvalue weighted by atomic mass is 9.99. The molecule has 0 unspecified atom stereocenters. The molecule has 1 saturated heterocycles. The van der Waals surface area contributed by atoms with Crippen molar-refractivity contribution in [1.29, 1.82) is 0 Å². The predicted molar refractivity (Wildman–Crippen MR) is 123 cm³/mol. The molecule has 2 aliphatic rings. The van der Waals surface area contributed by atoms with E-state index in [1.165, 1.54) is 0 Å². The Kier molecular flexibility index (Phi) is 7.05. The summed E-state index contributed by atoms with van der Waals surface area (Å²) in [6, 6.07) is 12.7. The first-order chi connectivity index (χ1) is 15.6. The number of rotatable bonds is 5. The second kappa shape index (κ2) is 10.1. The third-order valence-corrected chi connectivity index (χ3v) is 6.28. The highest BCUT2D eigenvalue weighted by Crippen LogP contribution is 2.39. The number of amides is 1. The molecule has 32 heavy (non-hydrogen) atoms. The van der Waals surface area contributed by atoms with Crippen LogP contribution in [-0.2, 0) is 11.3 Å². The van der Waals surface area contributed by atoms with Gasteiger partial charge in [-0.25, -0.2) is 4.79 Å². The second-order valence-corrected chi connectivity index (χ2v) is 8.13. The van der Waals surface area contributed by atoms with Gasteiger partial charge in [0.15, 0.2) is 11.5 Å². The van der Waals surface area contributed by atoms with Crippen LogP contribution in [0.15, 0.2) is 36.4 Å². The molecular formula is C25H32N2O5. The molecule has 0 atom stereocenters. The minimum atomic E-state index is -0.204. The fourth-order valence-electron chi connectivity index (χ4n) is 4.55. The largest absolute Gasteiger partial charge is 0.497 e. The highest BCUT2D eigenvalue weighted by Gasteiger charge is 2.30. The lowest BCUT2D eigenvalue weighted by molar-refractivity contribution is 0.0704. The van der Waals surface area contributed by atoms with Crippen LogP contribution in [0.2, 0.25) is 0 Å². The van der Waals surface area contributed by atoms with Crippen molar-refractivity contribution < 1.29 is 23.7 Å². The van der Waals surface area contributed by atoms with Gasteiger partial charge in [-0.2, -0.15) is 0 Å². The topological polar surface area (TPSA) is 60.5 Å². The van der Waals surface area contributed by atoms with E-state index in [0.29, 0.717) is 19.3 Å². The number of nitrogens with zero attached hydrogens (tertiary/aromatic N) is 2. The zero-order valence-corrected chi connectivity index (χ0v) is 19.1. The molecule has 4 rings (SSSR count). The molecule has 1 fully saturated rings. The standard InChI is InChI=1S/C25H32N2O5/c1-4-31-25(28)26-11-9-21(10-12-26)27-13-14-32-24-20(17-27)15-19(16-23(24)30-3)18-5-7-22(29-2)8-6-18/h5-8,15-16,21H,4,9-14,17H2,1-3H3. The van der Waals surface area contributed by atoms with Crippen LogP contribution in [0.5, 0.6) is 17.2 Å². The first kappa shape index (κ1) is 22.3. The summed E-state index contributed by atoms with van der Waals surface area (Å²) in [5.41, 5.74) is 3.32. The van der Waals surface area contributed by atoms with Crippen molar-refractivity contribution >= 4 is 6.09 Å². The van der Waals surface area contributed by atoms with E-state index in [9.17, 15) is 4.79 Å². The van der Waals surface area contributed by atoms with Gasteiger partial charge in [-0.15, -0.1) is 0 Å². The first-order valence-corrected chi connectivity index (χ1v) is 11.3. The zero-order chi connectivity index (χ0) is 22.5. The summed E-state index contributed by atoms with van der Waals surface area (Å²) in [6.07, 6.45) is 1.66.